The Morgan fingerprint density at radius 2 is 1.64 bits per heavy atom. The normalized spacial score (nSPS) is 25.3. The summed E-state index contributed by atoms with van der Waals surface area (Å²) in [5, 5.41) is 21.4. The SMILES string of the molecule is CC(O)C(N)C(=O)N1CCCC1C(=O)NC(CS)C(=O)N1CCCC1C(=O)O. The highest BCUT2D eigenvalue weighted by Crippen LogP contribution is 2.21. The summed E-state index contributed by atoms with van der Waals surface area (Å²) >= 11 is 4.13. The Hall–Kier alpha value is -1.85. The number of aliphatic carboxylic acids is 1. The van der Waals surface area contributed by atoms with E-state index in [9.17, 15) is 29.4 Å². The van der Waals surface area contributed by atoms with Crippen LogP contribution in [0.3, 0.4) is 0 Å². The molecule has 2 aliphatic heterocycles. The highest BCUT2D eigenvalue weighted by Gasteiger charge is 2.40. The molecule has 5 unspecified atom stereocenters. The fourth-order valence-corrected chi connectivity index (χ4v) is 3.89. The van der Waals surface area contributed by atoms with Gasteiger partial charge in [0.05, 0.1) is 6.10 Å². The number of carboxylic acid groups (broad SMARTS) is 1. The van der Waals surface area contributed by atoms with E-state index >= 15 is 0 Å². The number of hydrogen-bond acceptors (Lipinski definition) is 7. The zero-order valence-electron chi connectivity index (χ0n) is 15.8. The third kappa shape index (κ3) is 4.76. The Balaban J connectivity index is 2.05. The molecule has 11 heteroatoms. The maximum Gasteiger partial charge on any atom is 0.326 e. The molecule has 2 fully saturated rings. The highest BCUT2D eigenvalue weighted by atomic mass is 32.1. The van der Waals surface area contributed by atoms with Gasteiger partial charge in [-0.05, 0) is 32.6 Å². The number of hydrogen-bond donors (Lipinski definition) is 5. The molecule has 0 aromatic heterocycles. The van der Waals surface area contributed by atoms with Crippen LogP contribution in [-0.4, -0.2) is 92.8 Å². The van der Waals surface area contributed by atoms with Crippen LogP contribution in [0.2, 0.25) is 0 Å². The molecule has 0 aliphatic carbocycles. The molecule has 0 spiro atoms. The van der Waals surface area contributed by atoms with Gasteiger partial charge in [0, 0.05) is 18.8 Å². The van der Waals surface area contributed by atoms with Crippen molar-refractivity contribution in [1.82, 2.24) is 15.1 Å². The molecule has 0 bridgehead atoms. The Morgan fingerprint density at radius 3 is 2.14 bits per heavy atom. The van der Waals surface area contributed by atoms with Gasteiger partial charge in [0.2, 0.25) is 17.7 Å². The van der Waals surface area contributed by atoms with E-state index in [4.69, 9.17) is 5.73 Å². The van der Waals surface area contributed by atoms with E-state index in [1.807, 2.05) is 0 Å². The second-order valence-corrected chi connectivity index (χ2v) is 7.59. The van der Waals surface area contributed by atoms with Gasteiger partial charge in [0.25, 0.3) is 0 Å². The lowest BCUT2D eigenvalue weighted by atomic mass is 10.1. The van der Waals surface area contributed by atoms with Crippen molar-refractivity contribution in [2.75, 3.05) is 18.8 Å². The molecule has 3 amide bonds. The first-order valence-corrected chi connectivity index (χ1v) is 10.0. The van der Waals surface area contributed by atoms with Crippen molar-refractivity contribution in [2.24, 2.45) is 5.73 Å². The number of aliphatic hydroxyl groups is 1. The topological polar surface area (TPSA) is 153 Å². The number of amides is 3. The minimum Gasteiger partial charge on any atom is -0.480 e. The van der Waals surface area contributed by atoms with E-state index in [-0.39, 0.29) is 5.75 Å². The summed E-state index contributed by atoms with van der Waals surface area (Å²) in [6, 6.07) is -3.81. The van der Waals surface area contributed by atoms with Gasteiger partial charge >= 0.3 is 5.97 Å². The molecule has 28 heavy (non-hydrogen) atoms. The minimum absolute atomic E-state index is 0.00126. The average Bonchev–Trinajstić information content (AvgIpc) is 3.33. The molecule has 5 atom stereocenters. The van der Waals surface area contributed by atoms with Crippen LogP contribution < -0.4 is 11.1 Å². The van der Waals surface area contributed by atoms with Gasteiger partial charge in [-0.2, -0.15) is 12.6 Å². The van der Waals surface area contributed by atoms with Crippen molar-refractivity contribution < 1.29 is 29.4 Å². The van der Waals surface area contributed by atoms with Crippen LogP contribution in [0.25, 0.3) is 0 Å². The fraction of sp³-hybridized carbons (Fsp3) is 0.765. The Kier molecular flexibility index (Phi) is 7.67. The van der Waals surface area contributed by atoms with Gasteiger partial charge < -0.3 is 31.1 Å². The van der Waals surface area contributed by atoms with Gasteiger partial charge in [0.1, 0.15) is 24.2 Å². The van der Waals surface area contributed by atoms with Crippen LogP contribution in [-0.2, 0) is 19.2 Å². The molecule has 0 aromatic carbocycles. The number of rotatable bonds is 7. The van der Waals surface area contributed by atoms with Crippen molar-refractivity contribution in [3.63, 3.8) is 0 Å². The zero-order valence-corrected chi connectivity index (χ0v) is 16.7. The highest BCUT2D eigenvalue weighted by molar-refractivity contribution is 7.80. The molecule has 158 valence electrons. The molecule has 0 saturated carbocycles. The summed E-state index contributed by atoms with van der Waals surface area (Å²) in [7, 11) is 0. The van der Waals surface area contributed by atoms with Crippen molar-refractivity contribution in [3.8, 4) is 0 Å². The lowest BCUT2D eigenvalue weighted by Crippen LogP contribution is -2.58. The first-order valence-electron chi connectivity index (χ1n) is 9.37. The quantitative estimate of drug-likeness (QED) is 0.306. The smallest absolute Gasteiger partial charge is 0.326 e. The average molecular weight is 417 g/mol. The first kappa shape index (κ1) is 22.4. The van der Waals surface area contributed by atoms with Crippen LogP contribution in [0.15, 0.2) is 0 Å². The van der Waals surface area contributed by atoms with Crippen molar-refractivity contribution in [1.29, 1.82) is 0 Å². The van der Waals surface area contributed by atoms with E-state index < -0.39 is 54.0 Å². The maximum atomic E-state index is 12.7. The predicted molar refractivity (Wildman–Crippen MR) is 103 cm³/mol. The van der Waals surface area contributed by atoms with Gasteiger partial charge in [-0.1, -0.05) is 0 Å². The summed E-state index contributed by atoms with van der Waals surface area (Å²) in [5.41, 5.74) is 5.70. The first-order chi connectivity index (χ1) is 13.2. The molecular formula is C17H28N4O6S. The molecule has 5 N–H and O–H groups in total. The van der Waals surface area contributed by atoms with Crippen molar-refractivity contribution >= 4 is 36.3 Å². The third-order valence-corrected chi connectivity index (χ3v) is 5.63. The van der Waals surface area contributed by atoms with Crippen LogP contribution in [0.4, 0.5) is 0 Å². The van der Waals surface area contributed by atoms with E-state index in [2.05, 4.69) is 17.9 Å². The second-order valence-electron chi connectivity index (χ2n) is 7.23. The zero-order chi connectivity index (χ0) is 21.0. The van der Waals surface area contributed by atoms with E-state index in [1.165, 1.54) is 16.7 Å². The summed E-state index contributed by atoms with van der Waals surface area (Å²) in [4.78, 5) is 51.8. The Labute approximate surface area is 168 Å². The van der Waals surface area contributed by atoms with Crippen molar-refractivity contribution in [2.45, 2.75) is 62.9 Å². The largest absolute Gasteiger partial charge is 0.480 e. The number of nitrogens with one attached hydrogen (secondary N) is 1. The molecule has 10 nitrogen and oxygen atoms in total. The lowest BCUT2D eigenvalue weighted by Gasteiger charge is -2.30. The Bertz CT molecular complexity index is 631. The number of aliphatic hydroxyl groups excluding tert-OH is 1. The minimum atomic E-state index is -1.13. The lowest BCUT2D eigenvalue weighted by molar-refractivity contribution is -0.149. The number of carbonyl (C=O) groups excluding carboxylic acids is 3. The van der Waals surface area contributed by atoms with Crippen LogP contribution >= 0.6 is 12.6 Å². The monoisotopic (exact) mass is 416 g/mol. The molecule has 2 saturated heterocycles. The number of likely N-dealkylation sites (tertiary alicyclic amines) is 2. The third-order valence-electron chi connectivity index (χ3n) is 5.26. The van der Waals surface area contributed by atoms with Gasteiger partial charge in [-0.3, -0.25) is 14.4 Å². The van der Waals surface area contributed by atoms with Gasteiger partial charge in [-0.15, -0.1) is 0 Å². The van der Waals surface area contributed by atoms with E-state index in [0.29, 0.717) is 38.8 Å². The molecule has 0 aromatic rings. The van der Waals surface area contributed by atoms with E-state index in [1.54, 1.807) is 0 Å². The van der Waals surface area contributed by atoms with Crippen LogP contribution in [0.5, 0.6) is 0 Å². The fourth-order valence-electron chi connectivity index (χ4n) is 3.64. The molecule has 0 radical (unpaired) electrons. The predicted octanol–water partition coefficient (Wildman–Crippen LogP) is -1.82. The second kappa shape index (κ2) is 9.57. The summed E-state index contributed by atoms with van der Waals surface area (Å²) < 4.78 is 0. The molecular weight excluding hydrogens is 388 g/mol. The number of thiol groups is 1. The van der Waals surface area contributed by atoms with Gasteiger partial charge in [0.15, 0.2) is 0 Å². The molecule has 2 rings (SSSR count). The number of carbonyl (C=O) groups is 4. The number of nitrogens with zero attached hydrogens (tertiary/aromatic N) is 2. The number of carboxylic acids is 1. The molecule has 2 heterocycles. The summed E-state index contributed by atoms with van der Waals surface area (Å²) in [6.45, 7) is 2.05. The van der Waals surface area contributed by atoms with Crippen LogP contribution in [0.1, 0.15) is 32.6 Å². The maximum absolute atomic E-state index is 12.7. The molecule has 2 aliphatic rings. The summed E-state index contributed by atoms with van der Waals surface area (Å²) in [5.74, 6) is -2.60. The standard InChI is InChI=1S/C17H28N4O6S/c1-9(22)13(18)16(25)20-6-2-4-11(20)14(23)19-10(8-28)15(24)21-7-3-5-12(21)17(26)27/h9-13,22,28H,2-8,18H2,1H3,(H,19,23)(H,26,27). The van der Waals surface area contributed by atoms with E-state index in [0.717, 1.165) is 0 Å². The number of nitrogens with two attached hydrogens (primary N) is 1. The Morgan fingerprint density at radius 1 is 1.11 bits per heavy atom. The van der Waals surface area contributed by atoms with Crippen LogP contribution in [0, 0.1) is 0 Å². The van der Waals surface area contributed by atoms with Crippen molar-refractivity contribution in [3.05, 3.63) is 0 Å². The summed E-state index contributed by atoms with van der Waals surface area (Å²) in [6.07, 6.45) is 0.920. The van der Waals surface area contributed by atoms with Gasteiger partial charge in [-0.25, -0.2) is 4.79 Å².